The number of hydrogen-bond acceptors (Lipinski definition) is 2. The highest BCUT2D eigenvalue weighted by molar-refractivity contribution is 5.97. The van der Waals surface area contributed by atoms with Gasteiger partial charge in [0.25, 0.3) is 0 Å². The van der Waals surface area contributed by atoms with E-state index in [4.69, 9.17) is 0 Å². The van der Waals surface area contributed by atoms with Crippen LogP contribution >= 0.6 is 0 Å². The number of carbonyl (C=O) groups excluding carboxylic acids is 2. The van der Waals surface area contributed by atoms with E-state index in [0.717, 1.165) is 29.4 Å². The second-order valence-electron chi connectivity index (χ2n) is 6.08. The monoisotopic (exact) mass is 344 g/mol. The lowest BCUT2D eigenvalue weighted by atomic mass is 10.0. The molecule has 4 nitrogen and oxygen atoms in total. The Morgan fingerprint density at radius 2 is 1.96 bits per heavy atom. The van der Waals surface area contributed by atoms with Gasteiger partial charge in [-0.3, -0.25) is 9.59 Å². The number of nitrogens with one attached hydrogen (secondary N) is 1. The second kappa shape index (κ2) is 7.01. The molecule has 25 heavy (non-hydrogen) atoms. The first-order valence-corrected chi connectivity index (χ1v) is 8.07. The number of nitrogens with zero attached hydrogens (tertiary/aromatic N) is 1. The number of fused-ring (bicyclic) bond motifs is 1. The lowest BCUT2D eigenvalue weighted by Crippen LogP contribution is -2.31. The van der Waals surface area contributed by atoms with Gasteiger partial charge in [0.2, 0.25) is 11.8 Å². The summed E-state index contributed by atoms with van der Waals surface area (Å²) >= 11 is 0. The van der Waals surface area contributed by atoms with Gasteiger partial charge in [0, 0.05) is 31.3 Å². The van der Waals surface area contributed by atoms with E-state index in [9.17, 15) is 18.4 Å². The first-order chi connectivity index (χ1) is 11.9. The van der Waals surface area contributed by atoms with Gasteiger partial charge in [-0.05, 0) is 60.4 Å². The third-order valence-electron chi connectivity index (χ3n) is 4.34. The van der Waals surface area contributed by atoms with E-state index in [1.807, 2.05) is 6.07 Å². The Bertz CT molecular complexity index is 836. The predicted molar refractivity (Wildman–Crippen MR) is 91.5 cm³/mol. The van der Waals surface area contributed by atoms with Crippen LogP contribution in [-0.2, 0) is 22.4 Å². The zero-order valence-corrected chi connectivity index (χ0v) is 13.8. The fraction of sp³-hybridized carbons (Fsp3) is 0.263. The first-order valence-electron chi connectivity index (χ1n) is 8.07. The molecular formula is C19H18F2N2O2. The predicted octanol–water partition coefficient (Wildman–Crippen LogP) is 3.45. The molecule has 1 aliphatic rings. The van der Waals surface area contributed by atoms with Crippen molar-refractivity contribution in [1.29, 1.82) is 0 Å². The van der Waals surface area contributed by atoms with Crippen molar-refractivity contribution in [2.24, 2.45) is 0 Å². The van der Waals surface area contributed by atoms with E-state index >= 15 is 0 Å². The number of halogens is 2. The molecule has 0 saturated heterocycles. The van der Waals surface area contributed by atoms with E-state index in [1.165, 1.54) is 0 Å². The summed E-state index contributed by atoms with van der Waals surface area (Å²) in [5.74, 6) is -1.24. The number of anilines is 2. The third-order valence-corrected chi connectivity index (χ3v) is 4.34. The Hall–Kier alpha value is -2.76. The van der Waals surface area contributed by atoms with Crippen LogP contribution in [0.15, 0.2) is 36.4 Å². The molecule has 1 N–H and O–H groups in total. The Morgan fingerprint density at radius 1 is 1.16 bits per heavy atom. The summed E-state index contributed by atoms with van der Waals surface area (Å²) in [6, 6.07) is 8.59. The molecule has 0 saturated carbocycles. The minimum atomic E-state index is -0.523. The van der Waals surface area contributed by atoms with Gasteiger partial charge in [-0.2, -0.15) is 0 Å². The molecule has 0 fully saturated rings. The molecule has 3 rings (SSSR count). The molecule has 0 radical (unpaired) electrons. The number of aryl methyl sites for hydroxylation is 2. The van der Waals surface area contributed by atoms with Crippen molar-refractivity contribution in [2.75, 3.05) is 17.3 Å². The number of hydrogen-bond donors (Lipinski definition) is 1. The summed E-state index contributed by atoms with van der Waals surface area (Å²) < 4.78 is 26.7. The van der Waals surface area contributed by atoms with Crippen molar-refractivity contribution < 1.29 is 18.4 Å². The van der Waals surface area contributed by atoms with Crippen molar-refractivity contribution >= 4 is 23.2 Å². The largest absolute Gasteiger partial charge is 0.326 e. The van der Waals surface area contributed by atoms with E-state index in [0.29, 0.717) is 18.5 Å². The molecule has 0 unspecified atom stereocenters. The number of rotatable bonds is 4. The van der Waals surface area contributed by atoms with Gasteiger partial charge in [-0.15, -0.1) is 0 Å². The van der Waals surface area contributed by atoms with Crippen LogP contribution in [0.3, 0.4) is 0 Å². The van der Waals surface area contributed by atoms with Crippen LogP contribution in [0.4, 0.5) is 20.2 Å². The molecule has 2 aromatic carbocycles. The molecule has 0 atom stereocenters. The normalized spacial score (nSPS) is 13.6. The SMILES string of the molecule is CN1C(=O)CCc2cc(NC(=O)CCc3cc(F)ccc3F)ccc21. The van der Waals surface area contributed by atoms with Crippen LogP contribution in [0.1, 0.15) is 24.0 Å². The van der Waals surface area contributed by atoms with E-state index in [1.54, 1.807) is 24.1 Å². The van der Waals surface area contributed by atoms with Crippen molar-refractivity contribution in [3.8, 4) is 0 Å². The summed E-state index contributed by atoms with van der Waals surface area (Å²) in [7, 11) is 1.73. The Balaban J connectivity index is 1.63. The lowest BCUT2D eigenvalue weighted by molar-refractivity contribution is -0.118. The molecule has 0 aliphatic carbocycles. The molecule has 0 aromatic heterocycles. The van der Waals surface area contributed by atoms with E-state index < -0.39 is 11.6 Å². The summed E-state index contributed by atoms with van der Waals surface area (Å²) in [5, 5.41) is 2.76. The van der Waals surface area contributed by atoms with Gasteiger partial charge in [0.1, 0.15) is 11.6 Å². The fourth-order valence-corrected chi connectivity index (χ4v) is 2.94. The topological polar surface area (TPSA) is 49.4 Å². The lowest BCUT2D eigenvalue weighted by Gasteiger charge is -2.26. The molecule has 6 heteroatoms. The number of amides is 2. The highest BCUT2D eigenvalue weighted by Gasteiger charge is 2.21. The van der Waals surface area contributed by atoms with Gasteiger partial charge < -0.3 is 10.2 Å². The van der Waals surface area contributed by atoms with Gasteiger partial charge in [-0.1, -0.05) is 0 Å². The maximum atomic E-state index is 13.6. The molecule has 130 valence electrons. The van der Waals surface area contributed by atoms with Gasteiger partial charge in [0.15, 0.2) is 0 Å². The molecule has 1 aliphatic heterocycles. The summed E-state index contributed by atoms with van der Waals surface area (Å²) in [6.45, 7) is 0. The molecular weight excluding hydrogens is 326 g/mol. The second-order valence-corrected chi connectivity index (χ2v) is 6.08. The highest BCUT2D eigenvalue weighted by atomic mass is 19.1. The summed E-state index contributed by atoms with van der Waals surface area (Å²) in [5.41, 5.74) is 2.65. The maximum Gasteiger partial charge on any atom is 0.227 e. The fourth-order valence-electron chi connectivity index (χ4n) is 2.94. The molecule has 2 amide bonds. The van der Waals surface area contributed by atoms with Crippen molar-refractivity contribution in [1.82, 2.24) is 0 Å². The average Bonchev–Trinajstić information content (AvgIpc) is 2.59. The number of benzene rings is 2. The maximum absolute atomic E-state index is 13.6. The third kappa shape index (κ3) is 3.84. The minimum Gasteiger partial charge on any atom is -0.326 e. The van der Waals surface area contributed by atoms with Gasteiger partial charge >= 0.3 is 0 Å². The Labute approximate surface area is 144 Å². The molecule has 0 bridgehead atoms. The van der Waals surface area contributed by atoms with Crippen molar-refractivity contribution in [3.63, 3.8) is 0 Å². The van der Waals surface area contributed by atoms with E-state index in [2.05, 4.69) is 5.32 Å². The summed E-state index contributed by atoms with van der Waals surface area (Å²) in [4.78, 5) is 25.4. The highest BCUT2D eigenvalue weighted by Crippen LogP contribution is 2.29. The van der Waals surface area contributed by atoms with Crippen LogP contribution in [-0.4, -0.2) is 18.9 Å². The van der Waals surface area contributed by atoms with Crippen LogP contribution in [0, 0.1) is 11.6 Å². The van der Waals surface area contributed by atoms with Gasteiger partial charge in [-0.25, -0.2) is 8.78 Å². The van der Waals surface area contributed by atoms with Crippen molar-refractivity contribution in [2.45, 2.75) is 25.7 Å². The van der Waals surface area contributed by atoms with E-state index in [-0.39, 0.29) is 30.2 Å². The summed E-state index contributed by atoms with van der Waals surface area (Å²) in [6.07, 6.45) is 1.25. The van der Waals surface area contributed by atoms with Crippen LogP contribution in [0.5, 0.6) is 0 Å². The first kappa shape index (κ1) is 17.1. The van der Waals surface area contributed by atoms with Crippen LogP contribution in [0.25, 0.3) is 0 Å². The number of carbonyl (C=O) groups is 2. The smallest absolute Gasteiger partial charge is 0.227 e. The molecule has 2 aromatic rings. The zero-order valence-electron chi connectivity index (χ0n) is 13.8. The van der Waals surface area contributed by atoms with Gasteiger partial charge in [0.05, 0.1) is 0 Å². The standard InChI is InChI=1S/C19H18F2N2O2/c1-23-17-7-5-15(11-13(17)3-9-19(23)25)22-18(24)8-2-12-10-14(20)4-6-16(12)21/h4-7,10-11H,2-3,8-9H2,1H3,(H,22,24). The zero-order chi connectivity index (χ0) is 18.0. The average molecular weight is 344 g/mol. The van der Waals surface area contributed by atoms with Crippen LogP contribution < -0.4 is 10.2 Å². The molecule has 0 spiro atoms. The minimum absolute atomic E-state index is 0.0514. The Morgan fingerprint density at radius 3 is 2.76 bits per heavy atom. The quantitative estimate of drug-likeness (QED) is 0.924. The Kier molecular flexibility index (Phi) is 4.79. The van der Waals surface area contributed by atoms with Crippen LogP contribution in [0.2, 0.25) is 0 Å². The molecule has 1 heterocycles. The van der Waals surface area contributed by atoms with Crippen molar-refractivity contribution in [3.05, 3.63) is 59.2 Å².